The van der Waals surface area contributed by atoms with E-state index in [-0.39, 0.29) is 0 Å². The first-order chi connectivity index (χ1) is 6.78. The van der Waals surface area contributed by atoms with E-state index in [4.69, 9.17) is 0 Å². The summed E-state index contributed by atoms with van der Waals surface area (Å²) in [5, 5.41) is 9.97. The van der Waals surface area contributed by atoms with E-state index in [1.54, 1.807) is 0 Å². The average molecular weight is 237 g/mol. The van der Waals surface area contributed by atoms with Gasteiger partial charge in [0.2, 0.25) is 0 Å². The number of rotatable bonds is 9. The molecule has 0 aromatic rings. The molecule has 86 valence electrons. The second-order valence-corrected chi connectivity index (χ2v) is 4.01. The monoisotopic (exact) mass is 237 g/mol. The summed E-state index contributed by atoms with van der Waals surface area (Å²) in [6.45, 7) is 5.00. The van der Waals surface area contributed by atoms with Crippen molar-refractivity contribution in [2.75, 3.05) is 38.2 Å². The molecule has 0 aromatic heterocycles. The van der Waals surface area contributed by atoms with Gasteiger partial charge in [-0.2, -0.15) is 25.3 Å². The lowest BCUT2D eigenvalue weighted by Crippen LogP contribution is -2.47. The quantitative estimate of drug-likeness (QED) is 0.367. The molecule has 0 fully saturated rings. The summed E-state index contributed by atoms with van der Waals surface area (Å²) < 4.78 is 0. The summed E-state index contributed by atoms with van der Waals surface area (Å²) >= 11 is 8.59. The van der Waals surface area contributed by atoms with Crippen molar-refractivity contribution in [3.63, 3.8) is 0 Å². The predicted molar refractivity (Wildman–Crippen MR) is 70.9 cm³/mol. The molecule has 3 nitrogen and oxygen atoms in total. The molecule has 0 saturated carbocycles. The van der Waals surface area contributed by atoms with Crippen molar-refractivity contribution in [1.29, 1.82) is 0 Å². The fourth-order valence-electron chi connectivity index (χ4n) is 1.25. The summed E-state index contributed by atoms with van der Waals surface area (Å²) in [5.74, 6) is 1.71. The van der Waals surface area contributed by atoms with E-state index in [1.807, 2.05) is 7.05 Å². The maximum Gasteiger partial charge on any atom is 0.0281 e. The van der Waals surface area contributed by atoms with Crippen LogP contribution < -0.4 is 16.0 Å². The van der Waals surface area contributed by atoms with Crippen molar-refractivity contribution in [2.45, 2.75) is 19.0 Å². The van der Waals surface area contributed by atoms with Crippen molar-refractivity contribution in [3.8, 4) is 0 Å². The van der Waals surface area contributed by atoms with Crippen molar-refractivity contribution in [1.82, 2.24) is 16.0 Å². The van der Waals surface area contributed by atoms with Gasteiger partial charge in [0, 0.05) is 36.7 Å². The summed E-state index contributed by atoms with van der Waals surface area (Å²) in [7, 11) is 1.96. The van der Waals surface area contributed by atoms with Crippen LogP contribution in [-0.2, 0) is 0 Å². The molecular weight excluding hydrogens is 214 g/mol. The highest BCUT2D eigenvalue weighted by atomic mass is 32.1. The zero-order valence-electron chi connectivity index (χ0n) is 9.08. The van der Waals surface area contributed by atoms with Crippen molar-refractivity contribution >= 4 is 25.3 Å². The first-order valence-corrected chi connectivity index (χ1v) is 6.38. The fourth-order valence-corrected chi connectivity index (χ4v) is 1.76. The summed E-state index contributed by atoms with van der Waals surface area (Å²) in [6, 6.07) is 0.881. The minimum absolute atomic E-state index is 0.435. The molecule has 0 saturated heterocycles. The molecule has 0 aromatic carbocycles. The molecule has 0 heterocycles. The van der Waals surface area contributed by atoms with Gasteiger partial charge in [-0.15, -0.1) is 0 Å². The van der Waals surface area contributed by atoms with Gasteiger partial charge in [0.05, 0.1) is 0 Å². The lowest BCUT2D eigenvalue weighted by atomic mass is 10.2. The topological polar surface area (TPSA) is 36.1 Å². The Morgan fingerprint density at radius 1 is 1.00 bits per heavy atom. The third-order valence-corrected chi connectivity index (χ3v) is 2.92. The van der Waals surface area contributed by atoms with Gasteiger partial charge < -0.3 is 16.0 Å². The smallest absolute Gasteiger partial charge is 0.0281 e. The fraction of sp³-hybridized carbons (Fsp3) is 1.00. The van der Waals surface area contributed by atoms with Gasteiger partial charge in [-0.3, -0.25) is 0 Å². The van der Waals surface area contributed by atoms with Crippen LogP contribution in [0.25, 0.3) is 0 Å². The summed E-state index contributed by atoms with van der Waals surface area (Å²) in [6.07, 6.45) is 0. The van der Waals surface area contributed by atoms with Crippen LogP contribution in [0, 0.1) is 0 Å². The first-order valence-electron chi connectivity index (χ1n) is 5.11. The van der Waals surface area contributed by atoms with Gasteiger partial charge in [-0.25, -0.2) is 0 Å². The molecular formula is C9H23N3S2. The number of nitrogens with one attached hydrogen (secondary N) is 3. The third kappa shape index (κ3) is 6.95. The second-order valence-electron chi connectivity index (χ2n) is 3.28. The van der Waals surface area contributed by atoms with Crippen LogP contribution >= 0.6 is 25.3 Å². The van der Waals surface area contributed by atoms with Gasteiger partial charge in [0.1, 0.15) is 0 Å². The Bertz CT molecular complexity index is 111. The van der Waals surface area contributed by atoms with Crippen LogP contribution in [0.15, 0.2) is 0 Å². The standard InChI is InChI=1S/C9H23N3S2/c1-3-11-9(7-14)5-12-8(6-13)4-10-2/h8-14H,3-7H2,1-2H3/t8-,9-/m0/s1. The molecule has 14 heavy (non-hydrogen) atoms. The Kier molecular flexibility index (Phi) is 10.5. The molecule has 0 radical (unpaired) electrons. The minimum Gasteiger partial charge on any atom is -0.318 e. The summed E-state index contributed by atoms with van der Waals surface area (Å²) in [4.78, 5) is 0. The van der Waals surface area contributed by atoms with Crippen LogP contribution in [0.3, 0.4) is 0 Å². The Hall–Kier alpha value is 0.580. The Morgan fingerprint density at radius 3 is 2.00 bits per heavy atom. The molecule has 0 bridgehead atoms. The third-order valence-electron chi connectivity index (χ3n) is 2.04. The Morgan fingerprint density at radius 2 is 1.57 bits per heavy atom. The van der Waals surface area contributed by atoms with Crippen LogP contribution in [0.1, 0.15) is 6.92 Å². The van der Waals surface area contributed by atoms with E-state index in [9.17, 15) is 0 Å². The van der Waals surface area contributed by atoms with E-state index < -0.39 is 0 Å². The van der Waals surface area contributed by atoms with Gasteiger partial charge in [0.15, 0.2) is 0 Å². The molecule has 2 atom stereocenters. The number of hydrogen-bond acceptors (Lipinski definition) is 5. The molecule has 0 spiro atoms. The molecule has 0 aliphatic carbocycles. The average Bonchev–Trinajstić information content (AvgIpc) is 2.22. The minimum atomic E-state index is 0.435. The predicted octanol–water partition coefficient (Wildman–Crippen LogP) is 0.00170. The van der Waals surface area contributed by atoms with Crippen molar-refractivity contribution in [3.05, 3.63) is 0 Å². The zero-order chi connectivity index (χ0) is 10.8. The molecule has 5 heteroatoms. The van der Waals surface area contributed by atoms with E-state index in [0.717, 1.165) is 31.1 Å². The first kappa shape index (κ1) is 14.6. The lowest BCUT2D eigenvalue weighted by Gasteiger charge is -2.21. The van der Waals surface area contributed by atoms with E-state index in [1.165, 1.54) is 0 Å². The molecule has 0 rings (SSSR count). The Labute approximate surface area is 98.6 Å². The SMILES string of the molecule is CCN[C@H](CS)CN[C@H](CS)CNC. The largest absolute Gasteiger partial charge is 0.318 e. The number of likely N-dealkylation sites (N-methyl/N-ethyl adjacent to an activating group) is 2. The number of thiol groups is 2. The van der Waals surface area contributed by atoms with Gasteiger partial charge in [-0.05, 0) is 13.6 Å². The van der Waals surface area contributed by atoms with Crippen LogP contribution in [0.5, 0.6) is 0 Å². The molecule has 0 unspecified atom stereocenters. The van der Waals surface area contributed by atoms with Crippen molar-refractivity contribution in [2.24, 2.45) is 0 Å². The highest BCUT2D eigenvalue weighted by molar-refractivity contribution is 7.80. The van der Waals surface area contributed by atoms with Gasteiger partial charge in [0.25, 0.3) is 0 Å². The van der Waals surface area contributed by atoms with Gasteiger partial charge >= 0.3 is 0 Å². The Balaban J connectivity index is 3.63. The normalized spacial score (nSPS) is 15.4. The molecule has 0 amide bonds. The van der Waals surface area contributed by atoms with E-state index >= 15 is 0 Å². The molecule has 0 aliphatic rings. The van der Waals surface area contributed by atoms with Crippen LogP contribution in [0.2, 0.25) is 0 Å². The second kappa shape index (κ2) is 10.1. The molecule has 0 aliphatic heterocycles. The van der Waals surface area contributed by atoms with Crippen LogP contribution in [-0.4, -0.2) is 50.3 Å². The zero-order valence-corrected chi connectivity index (χ0v) is 10.9. The number of hydrogen-bond donors (Lipinski definition) is 5. The summed E-state index contributed by atoms with van der Waals surface area (Å²) in [5.41, 5.74) is 0. The highest BCUT2D eigenvalue weighted by Gasteiger charge is 2.08. The lowest BCUT2D eigenvalue weighted by molar-refractivity contribution is 0.467. The highest BCUT2D eigenvalue weighted by Crippen LogP contribution is 1.90. The maximum atomic E-state index is 4.30. The van der Waals surface area contributed by atoms with E-state index in [2.05, 4.69) is 48.1 Å². The molecule has 3 N–H and O–H groups in total. The van der Waals surface area contributed by atoms with E-state index in [0.29, 0.717) is 12.1 Å². The van der Waals surface area contributed by atoms with Crippen molar-refractivity contribution < 1.29 is 0 Å². The van der Waals surface area contributed by atoms with Crippen LogP contribution in [0.4, 0.5) is 0 Å². The maximum absolute atomic E-state index is 4.30. The van der Waals surface area contributed by atoms with Gasteiger partial charge in [-0.1, -0.05) is 6.92 Å².